The van der Waals surface area contributed by atoms with Crippen molar-refractivity contribution in [3.63, 3.8) is 0 Å². The maximum atomic E-state index is 11.5. The van der Waals surface area contributed by atoms with Crippen molar-refractivity contribution in [2.24, 2.45) is 0 Å². The number of hydrogen-bond acceptors (Lipinski definition) is 4. The molecule has 0 atom stereocenters. The number of rotatable bonds is 13. The van der Waals surface area contributed by atoms with Crippen LogP contribution in [0, 0.1) is 0 Å². The largest absolute Gasteiger partial charge is 1.00 e. The third-order valence-electron chi connectivity index (χ3n) is 4.70. The zero-order valence-corrected chi connectivity index (χ0v) is 20.7. The average Bonchev–Trinajstić information content (AvgIpc) is 2.56. The summed E-state index contributed by atoms with van der Waals surface area (Å²) in [5.41, 5.74) is 2.26. The minimum Gasteiger partial charge on any atom is -0.745 e. The molecule has 4 nitrogen and oxygen atoms in total. The van der Waals surface area contributed by atoms with Gasteiger partial charge in [-0.25, -0.2) is 8.42 Å². The fourth-order valence-electron chi connectivity index (χ4n) is 2.90. The molecule has 0 fully saturated rings. The van der Waals surface area contributed by atoms with E-state index in [9.17, 15) is 13.0 Å². The molecule has 27 heavy (non-hydrogen) atoms. The molecule has 1 aromatic rings. The first-order valence-electron chi connectivity index (χ1n) is 9.97. The summed E-state index contributed by atoms with van der Waals surface area (Å²) < 4.78 is 40.0. The molecule has 0 amide bonds. The molecular formula is C21H35NaO4S. The molecule has 0 heterocycles. The van der Waals surface area contributed by atoms with Gasteiger partial charge in [-0.15, -0.1) is 0 Å². The summed E-state index contributed by atoms with van der Waals surface area (Å²) in [5.74, 6) is 0.517. The molecule has 0 N–H and O–H groups in total. The standard InChI is InChI=1S/C21H36O4S.Na/c1-5-7-9-11-13-18-15-16-20(25-21(3,4)26(22,23)24)19(17-18)14-12-10-8-6-2;/h15-17H,5-14H2,1-4H3,(H,22,23,24);/q;+1/p-1. The van der Waals surface area contributed by atoms with Gasteiger partial charge in [0, 0.05) is 0 Å². The molecule has 0 saturated heterocycles. The number of ether oxygens (including phenoxy) is 1. The van der Waals surface area contributed by atoms with E-state index in [1.54, 1.807) is 0 Å². The molecule has 0 aromatic heterocycles. The van der Waals surface area contributed by atoms with Gasteiger partial charge in [-0.05, 0) is 56.7 Å². The molecule has 1 rings (SSSR count). The van der Waals surface area contributed by atoms with Gasteiger partial charge in [0.1, 0.15) is 15.9 Å². The van der Waals surface area contributed by atoms with Crippen LogP contribution in [0.2, 0.25) is 0 Å². The maximum absolute atomic E-state index is 11.5. The van der Waals surface area contributed by atoms with Crippen LogP contribution in [0.15, 0.2) is 18.2 Å². The first-order valence-corrected chi connectivity index (χ1v) is 11.4. The number of unbranched alkanes of at least 4 members (excludes halogenated alkanes) is 6. The van der Waals surface area contributed by atoms with E-state index in [4.69, 9.17) is 4.74 Å². The van der Waals surface area contributed by atoms with Crippen molar-refractivity contribution in [2.45, 2.75) is 96.8 Å². The Morgan fingerprint density at radius 2 is 1.48 bits per heavy atom. The van der Waals surface area contributed by atoms with Gasteiger partial charge < -0.3 is 9.29 Å². The van der Waals surface area contributed by atoms with E-state index in [1.165, 1.54) is 51.5 Å². The molecule has 0 aliphatic heterocycles. The molecule has 0 radical (unpaired) electrons. The minimum absolute atomic E-state index is 0. The molecule has 150 valence electrons. The summed E-state index contributed by atoms with van der Waals surface area (Å²) >= 11 is 0. The van der Waals surface area contributed by atoms with Crippen LogP contribution in [0.4, 0.5) is 0 Å². The summed E-state index contributed by atoms with van der Waals surface area (Å²) in [4.78, 5) is -1.77. The maximum Gasteiger partial charge on any atom is 1.00 e. The topological polar surface area (TPSA) is 66.4 Å². The van der Waals surface area contributed by atoms with Crippen LogP contribution >= 0.6 is 0 Å². The van der Waals surface area contributed by atoms with Gasteiger partial charge in [-0.2, -0.15) is 0 Å². The minimum atomic E-state index is -4.55. The summed E-state index contributed by atoms with van der Waals surface area (Å²) in [6.45, 7) is 7.00. The smallest absolute Gasteiger partial charge is 0.745 e. The summed E-state index contributed by atoms with van der Waals surface area (Å²) in [5, 5.41) is 0. The molecule has 0 saturated carbocycles. The SMILES string of the molecule is CCCCCCc1ccc(OC(C)(C)S(=O)(=O)[O-])c(CCCCCC)c1.[Na+]. The van der Waals surface area contributed by atoms with Crippen molar-refractivity contribution in [3.05, 3.63) is 29.3 Å². The zero-order valence-electron chi connectivity index (χ0n) is 17.8. The van der Waals surface area contributed by atoms with Crippen molar-refractivity contribution < 1.29 is 47.3 Å². The zero-order chi connectivity index (χ0) is 19.6. The monoisotopic (exact) mass is 406 g/mol. The molecule has 0 aliphatic carbocycles. The molecule has 0 aliphatic rings. The average molecular weight is 407 g/mol. The van der Waals surface area contributed by atoms with Crippen LogP contribution < -0.4 is 34.3 Å². The molecule has 0 unspecified atom stereocenters. The molecular weight excluding hydrogens is 371 g/mol. The first-order chi connectivity index (χ1) is 12.2. The van der Waals surface area contributed by atoms with Crippen LogP contribution in [-0.4, -0.2) is 17.9 Å². The Hall–Kier alpha value is -0.0700. The quantitative estimate of drug-likeness (QED) is 0.287. The second kappa shape index (κ2) is 13.2. The van der Waals surface area contributed by atoms with E-state index in [0.717, 1.165) is 37.7 Å². The van der Waals surface area contributed by atoms with Crippen LogP contribution in [0.3, 0.4) is 0 Å². The Bertz CT molecular complexity index is 642. The van der Waals surface area contributed by atoms with E-state index in [0.29, 0.717) is 5.75 Å². The van der Waals surface area contributed by atoms with Crippen LogP contribution in [-0.2, 0) is 23.0 Å². The molecule has 1 aromatic carbocycles. The normalized spacial score (nSPS) is 11.9. The van der Waals surface area contributed by atoms with Crippen molar-refractivity contribution in [1.29, 1.82) is 0 Å². The van der Waals surface area contributed by atoms with E-state index in [-0.39, 0.29) is 29.6 Å². The molecule has 0 bridgehead atoms. The summed E-state index contributed by atoms with van der Waals surface area (Å²) in [7, 11) is -4.55. The van der Waals surface area contributed by atoms with E-state index < -0.39 is 15.1 Å². The number of hydrogen-bond donors (Lipinski definition) is 0. The van der Waals surface area contributed by atoms with Crippen molar-refractivity contribution in [1.82, 2.24) is 0 Å². The third kappa shape index (κ3) is 9.80. The van der Waals surface area contributed by atoms with Gasteiger partial charge in [0.15, 0.2) is 4.93 Å². The van der Waals surface area contributed by atoms with Crippen LogP contribution in [0.5, 0.6) is 5.75 Å². The summed E-state index contributed by atoms with van der Waals surface area (Å²) in [6, 6.07) is 5.95. The van der Waals surface area contributed by atoms with Crippen molar-refractivity contribution >= 4 is 10.1 Å². The van der Waals surface area contributed by atoms with Gasteiger partial charge in [0.25, 0.3) is 0 Å². The first kappa shape index (κ1) is 26.9. The Morgan fingerprint density at radius 3 is 2.00 bits per heavy atom. The van der Waals surface area contributed by atoms with Crippen molar-refractivity contribution in [2.75, 3.05) is 0 Å². The molecule has 0 spiro atoms. The van der Waals surface area contributed by atoms with Gasteiger partial charge >= 0.3 is 29.6 Å². The van der Waals surface area contributed by atoms with E-state index in [1.807, 2.05) is 12.1 Å². The Kier molecular flexibility index (Phi) is 13.2. The van der Waals surface area contributed by atoms with Gasteiger partial charge in [-0.3, -0.25) is 0 Å². The van der Waals surface area contributed by atoms with Crippen LogP contribution in [0.1, 0.15) is 90.2 Å². The number of benzene rings is 1. The molecule has 6 heteroatoms. The second-order valence-corrected chi connectivity index (χ2v) is 9.41. The predicted molar refractivity (Wildman–Crippen MR) is 107 cm³/mol. The Balaban J connectivity index is 0.00000676. The summed E-state index contributed by atoms with van der Waals surface area (Å²) in [6.07, 6.45) is 11.2. The second-order valence-electron chi connectivity index (χ2n) is 7.52. The third-order valence-corrected chi connectivity index (χ3v) is 5.99. The van der Waals surface area contributed by atoms with Gasteiger partial charge in [0.05, 0.1) is 0 Å². The fourth-order valence-corrected chi connectivity index (χ4v) is 3.09. The van der Waals surface area contributed by atoms with Crippen LogP contribution in [0.25, 0.3) is 0 Å². The van der Waals surface area contributed by atoms with Gasteiger partial charge in [-0.1, -0.05) is 64.5 Å². The Labute approximate surface area is 188 Å². The van der Waals surface area contributed by atoms with E-state index >= 15 is 0 Å². The van der Waals surface area contributed by atoms with E-state index in [2.05, 4.69) is 19.9 Å². The van der Waals surface area contributed by atoms with Crippen molar-refractivity contribution in [3.8, 4) is 5.75 Å². The fraction of sp³-hybridized carbons (Fsp3) is 0.714. The number of aryl methyl sites for hydroxylation is 2. The Morgan fingerprint density at radius 1 is 0.926 bits per heavy atom. The van der Waals surface area contributed by atoms with Gasteiger partial charge in [0.2, 0.25) is 0 Å². The predicted octanol–water partition coefficient (Wildman–Crippen LogP) is 2.60.